The fourth-order valence-corrected chi connectivity index (χ4v) is 2.95. The lowest BCUT2D eigenvalue weighted by molar-refractivity contribution is -0.137. The molecule has 0 aliphatic carbocycles. The molecule has 1 aliphatic rings. The Hall–Kier alpha value is -2.21. The molecule has 0 saturated carbocycles. The topological polar surface area (TPSA) is 78.2 Å². The number of amides is 1. The molecule has 0 radical (unpaired) electrons. The Morgan fingerprint density at radius 2 is 1.96 bits per heavy atom. The second kappa shape index (κ2) is 7.80. The zero-order valence-corrected chi connectivity index (χ0v) is 15.9. The van der Waals surface area contributed by atoms with Crippen molar-refractivity contribution in [1.29, 1.82) is 5.26 Å². The molecule has 1 saturated heterocycles. The zero-order chi connectivity index (χ0) is 20.4. The number of ether oxygens (including phenoxy) is 1. The summed E-state index contributed by atoms with van der Waals surface area (Å²) in [5.74, 6) is 0.0574. The molecule has 0 aromatic carbocycles. The highest BCUT2D eigenvalue weighted by molar-refractivity contribution is 6.30. The van der Waals surface area contributed by atoms with Crippen molar-refractivity contribution in [2.75, 3.05) is 18.0 Å². The van der Waals surface area contributed by atoms with Gasteiger partial charge in [-0.1, -0.05) is 11.6 Å². The summed E-state index contributed by atoms with van der Waals surface area (Å²) < 4.78 is 44.8. The first-order valence-electron chi connectivity index (χ1n) is 8.33. The van der Waals surface area contributed by atoms with Crippen LogP contribution in [-0.2, 0) is 10.9 Å². The lowest BCUT2D eigenvalue weighted by Gasteiger charge is -2.34. The van der Waals surface area contributed by atoms with Gasteiger partial charge in [-0.25, -0.2) is 9.78 Å². The number of carbonyl (C=O) groups is 1. The van der Waals surface area contributed by atoms with Crippen molar-refractivity contribution in [3.63, 3.8) is 0 Å². The van der Waals surface area contributed by atoms with E-state index >= 15 is 0 Å². The number of halogens is 4. The lowest BCUT2D eigenvalue weighted by atomic mass is 10.0. The van der Waals surface area contributed by atoms with Crippen LogP contribution in [0.2, 0.25) is 5.15 Å². The molecule has 1 fully saturated rings. The Bertz CT molecular complexity index is 748. The molecule has 1 aliphatic heterocycles. The van der Waals surface area contributed by atoms with Crippen molar-refractivity contribution in [2.24, 2.45) is 0 Å². The van der Waals surface area contributed by atoms with Gasteiger partial charge in [-0.2, -0.15) is 18.4 Å². The summed E-state index contributed by atoms with van der Waals surface area (Å²) >= 11 is 5.79. The zero-order valence-electron chi connectivity index (χ0n) is 15.2. The Labute approximate surface area is 160 Å². The van der Waals surface area contributed by atoms with E-state index in [4.69, 9.17) is 21.6 Å². The van der Waals surface area contributed by atoms with E-state index in [2.05, 4.69) is 10.3 Å². The van der Waals surface area contributed by atoms with Crippen molar-refractivity contribution < 1.29 is 22.7 Å². The van der Waals surface area contributed by atoms with Gasteiger partial charge in [-0.05, 0) is 39.7 Å². The van der Waals surface area contributed by atoms with Gasteiger partial charge in [0.25, 0.3) is 0 Å². The molecule has 0 unspecified atom stereocenters. The van der Waals surface area contributed by atoms with Crippen molar-refractivity contribution in [2.45, 2.75) is 51.4 Å². The van der Waals surface area contributed by atoms with Gasteiger partial charge in [0.2, 0.25) is 0 Å². The van der Waals surface area contributed by atoms with Crippen LogP contribution in [0.1, 0.15) is 44.7 Å². The molecule has 27 heavy (non-hydrogen) atoms. The summed E-state index contributed by atoms with van der Waals surface area (Å²) in [5, 5.41) is 11.2. The molecule has 148 valence electrons. The van der Waals surface area contributed by atoms with Gasteiger partial charge in [0, 0.05) is 19.1 Å². The predicted octanol–water partition coefficient (Wildman–Crippen LogP) is 4.12. The van der Waals surface area contributed by atoms with E-state index in [1.807, 2.05) is 0 Å². The van der Waals surface area contributed by atoms with Crippen LogP contribution in [0.5, 0.6) is 0 Å². The third kappa shape index (κ3) is 5.63. The molecule has 1 N–H and O–H groups in total. The molecule has 6 nitrogen and oxygen atoms in total. The van der Waals surface area contributed by atoms with Crippen LogP contribution in [0.4, 0.5) is 23.8 Å². The average molecular weight is 405 g/mol. The van der Waals surface area contributed by atoms with Crippen molar-refractivity contribution in [3.8, 4) is 6.07 Å². The van der Waals surface area contributed by atoms with Crippen LogP contribution >= 0.6 is 11.6 Å². The number of alkyl carbamates (subject to hydrolysis) is 1. The van der Waals surface area contributed by atoms with Gasteiger partial charge in [0.05, 0.1) is 5.56 Å². The number of hydrogen-bond acceptors (Lipinski definition) is 5. The number of aromatic nitrogens is 1. The van der Waals surface area contributed by atoms with E-state index in [-0.39, 0.29) is 11.9 Å². The van der Waals surface area contributed by atoms with E-state index in [0.717, 1.165) is 6.07 Å². The van der Waals surface area contributed by atoms with Gasteiger partial charge in [-0.3, -0.25) is 0 Å². The Balaban J connectivity index is 2.07. The molecule has 0 atom stereocenters. The number of nitrogens with one attached hydrogen (secondary N) is 1. The maximum atomic E-state index is 13.2. The predicted molar refractivity (Wildman–Crippen MR) is 93.6 cm³/mol. The highest BCUT2D eigenvalue weighted by Crippen LogP contribution is 2.36. The number of nitrogens with zero attached hydrogens (tertiary/aromatic N) is 3. The van der Waals surface area contributed by atoms with Gasteiger partial charge < -0.3 is 15.0 Å². The van der Waals surface area contributed by atoms with Gasteiger partial charge in [0.15, 0.2) is 0 Å². The minimum absolute atomic E-state index is 0.0574. The van der Waals surface area contributed by atoms with Crippen LogP contribution in [0.15, 0.2) is 6.07 Å². The highest BCUT2D eigenvalue weighted by Gasteiger charge is 2.36. The Kier molecular flexibility index (Phi) is 6.10. The summed E-state index contributed by atoms with van der Waals surface area (Å²) in [5.41, 5.74) is -2.40. The van der Waals surface area contributed by atoms with Crippen molar-refractivity contribution in [3.05, 3.63) is 22.3 Å². The first-order valence-corrected chi connectivity index (χ1v) is 8.71. The fraction of sp³-hybridized carbons (Fsp3) is 0.588. The second-order valence-electron chi connectivity index (χ2n) is 7.21. The SMILES string of the molecule is CC(C)(C)OC(=O)NC1CCN(c2cc(C(F)(F)F)c(C#N)c(Cl)n2)CC1. The molecular weight excluding hydrogens is 385 g/mol. The van der Waals surface area contributed by atoms with Crippen LogP contribution in [-0.4, -0.2) is 35.8 Å². The Morgan fingerprint density at radius 3 is 2.44 bits per heavy atom. The first-order chi connectivity index (χ1) is 12.4. The third-order valence-electron chi connectivity index (χ3n) is 3.92. The maximum Gasteiger partial charge on any atom is 0.417 e. The third-order valence-corrected chi connectivity index (χ3v) is 4.19. The number of hydrogen-bond donors (Lipinski definition) is 1. The minimum Gasteiger partial charge on any atom is -0.444 e. The van der Waals surface area contributed by atoms with Gasteiger partial charge in [0.1, 0.15) is 28.2 Å². The normalized spacial score (nSPS) is 16.0. The van der Waals surface area contributed by atoms with E-state index in [1.165, 1.54) is 6.07 Å². The standard InChI is InChI=1S/C17H20ClF3N4O2/c1-16(2,3)27-15(26)23-10-4-6-25(7-5-10)13-8-12(17(19,20)21)11(9-22)14(18)24-13/h8,10H,4-7H2,1-3H3,(H,23,26). The largest absolute Gasteiger partial charge is 0.444 e. The van der Waals surface area contributed by atoms with E-state index in [9.17, 15) is 18.0 Å². The number of pyridine rings is 1. The highest BCUT2D eigenvalue weighted by atomic mass is 35.5. The molecule has 1 amide bonds. The number of rotatable bonds is 2. The van der Waals surface area contributed by atoms with Crippen molar-refractivity contribution >= 4 is 23.5 Å². The quantitative estimate of drug-likeness (QED) is 0.750. The van der Waals surface area contributed by atoms with E-state index in [0.29, 0.717) is 25.9 Å². The average Bonchev–Trinajstić information content (AvgIpc) is 2.52. The minimum atomic E-state index is -4.71. The van der Waals surface area contributed by atoms with Crippen LogP contribution in [0.25, 0.3) is 0 Å². The summed E-state index contributed by atoms with van der Waals surface area (Å²) in [6, 6.07) is 2.15. The molecular formula is C17H20ClF3N4O2. The smallest absolute Gasteiger partial charge is 0.417 e. The number of anilines is 1. The maximum absolute atomic E-state index is 13.2. The molecule has 2 rings (SSSR count). The van der Waals surface area contributed by atoms with E-state index < -0.39 is 34.2 Å². The summed E-state index contributed by atoms with van der Waals surface area (Å²) in [7, 11) is 0. The molecule has 10 heteroatoms. The Morgan fingerprint density at radius 1 is 1.37 bits per heavy atom. The monoisotopic (exact) mass is 404 g/mol. The summed E-state index contributed by atoms with van der Waals surface area (Å²) in [4.78, 5) is 17.4. The van der Waals surface area contributed by atoms with Gasteiger partial charge >= 0.3 is 12.3 Å². The molecule has 1 aromatic heterocycles. The first kappa shape index (κ1) is 21.1. The number of nitriles is 1. The van der Waals surface area contributed by atoms with E-state index in [1.54, 1.807) is 25.7 Å². The van der Waals surface area contributed by atoms with Gasteiger partial charge in [-0.15, -0.1) is 0 Å². The molecule has 0 bridgehead atoms. The number of alkyl halides is 3. The number of carbonyl (C=O) groups excluding carboxylic acids is 1. The van der Waals surface area contributed by atoms with Crippen LogP contribution in [0.3, 0.4) is 0 Å². The number of piperidine rings is 1. The summed E-state index contributed by atoms with van der Waals surface area (Å²) in [6.07, 6.45) is -4.21. The molecule has 2 heterocycles. The summed E-state index contributed by atoms with van der Waals surface area (Å²) in [6.45, 7) is 6.04. The fourth-order valence-electron chi connectivity index (χ4n) is 2.72. The van der Waals surface area contributed by atoms with Crippen LogP contribution < -0.4 is 10.2 Å². The van der Waals surface area contributed by atoms with Crippen molar-refractivity contribution in [1.82, 2.24) is 10.3 Å². The lowest BCUT2D eigenvalue weighted by Crippen LogP contribution is -2.46. The second-order valence-corrected chi connectivity index (χ2v) is 7.57. The molecule has 0 spiro atoms. The molecule has 1 aromatic rings. The van der Waals surface area contributed by atoms with Crippen LogP contribution in [0, 0.1) is 11.3 Å².